The molecule has 0 atom stereocenters. The summed E-state index contributed by atoms with van der Waals surface area (Å²) < 4.78 is 13.7. The molecule has 0 fully saturated rings. The smallest absolute Gasteiger partial charge is 0.306 e. The Morgan fingerprint density at radius 2 is 2.27 bits per heavy atom. The second-order valence-corrected chi connectivity index (χ2v) is 5.80. The van der Waals surface area contributed by atoms with Gasteiger partial charge in [0, 0.05) is 5.02 Å². The van der Waals surface area contributed by atoms with Crippen molar-refractivity contribution in [3.8, 4) is 0 Å². The third kappa shape index (κ3) is 2.58. The minimum atomic E-state index is -0.339. The van der Waals surface area contributed by atoms with E-state index in [0.29, 0.717) is 10.6 Å². The first-order valence-corrected chi connectivity index (χ1v) is 8.52. The molecule has 0 aliphatic rings. The van der Waals surface area contributed by atoms with Crippen LogP contribution in [0.3, 0.4) is 0 Å². The van der Waals surface area contributed by atoms with Crippen molar-refractivity contribution in [2.24, 2.45) is 0 Å². The maximum atomic E-state index is 13.0. The zero-order valence-corrected chi connectivity index (χ0v) is 9.54. The largest absolute Gasteiger partial charge is 0.473 e. The van der Waals surface area contributed by atoms with E-state index >= 15 is 0 Å². The minimum Gasteiger partial charge on any atom is -0.306 e. The van der Waals surface area contributed by atoms with Crippen molar-refractivity contribution in [2.45, 2.75) is 4.55 Å². The summed E-state index contributed by atoms with van der Waals surface area (Å²) in [6, 6.07) is 4.78. The van der Waals surface area contributed by atoms with E-state index in [-0.39, 0.29) is 24.0 Å². The van der Waals surface area contributed by atoms with Crippen LogP contribution in [0.2, 0.25) is 5.02 Å². The quantitative estimate of drug-likeness (QED) is 0.705. The molecule has 0 spiro atoms. The number of benzene rings is 1. The van der Waals surface area contributed by atoms with Crippen molar-refractivity contribution in [1.82, 2.24) is 0 Å². The van der Waals surface area contributed by atoms with E-state index in [0.717, 1.165) is 4.55 Å². The monoisotopic (exact) mass is 246 g/mol. The van der Waals surface area contributed by atoms with Crippen molar-refractivity contribution < 1.29 is 4.39 Å². The van der Waals surface area contributed by atoms with Gasteiger partial charge in [0.25, 0.3) is 0 Å². The summed E-state index contributed by atoms with van der Waals surface area (Å²) in [5.74, 6) is -0.190. The SMILES string of the molecule is Fc1cccc(Cl)c1[CH2][Mg][Br]. The van der Waals surface area contributed by atoms with Crippen LogP contribution in [0.4, 0.5) is 4.39 Å². The van der Waals surface area contributed by atoms with Crippen LogP contribution in [0.25, 0.3) is 0 Å². The molecule has 0 aliphatic carbocycles. The highest BCUT2D eigenvalue weighted by atomic mass is 79.9. The molecule has 1 aromatic carbocycles. The highest BCUT2D eigenvalue weighted by molar-refractivity contribution is 9.23. The fraction of sp³-hybridized carbons (Fsp3) is 0.143. The van der Waals surface area contributed by atoms with Crippen LogP contribution in [0.15, 0.2) is 18.2 Å². The first-order valence-electron chi connectivity index (χ1n) is 3.24. The Labute approximate surface area is 85.7 Å². The molecule has 0 aromatic heterocycles. The van der Waals surface area contributed by atoms with Gasteiger partial charge in [-0.1, -0.05) is 22.2 Å². The van der Waals surface area contributed by atoms with Crippen LogP contribution >= 0.6 is 24.5 Å². The standard InChI is InChI=1S/C7H5ClF.BrH.Mg/c1-5-6(8)3-2-4-7(5)9;;/h2-4H,1H2;1H;/q;;+1/p-1. The van der Waals surface area contributed by atoms with Crippen LogP contribution in [-0.2, 0) is 4.55 Å². The molecule has 0 saturated carbocycles. The van der Waals surface area contributed by atoms with E-state index in [1.807, 2.05) is 0 Å². The van der Waals surface area contributed by atoms with Crippen LogP contribution in [-0.4, -0.2) is 18.2 Å². The molecule has 0 aliphatic heterocycles. The molecule has 0 nitrogen and oxygen atoms in total. The fourth-order valence-corrected chi connectivity index (χ4v) is 3.17. The third-order valence-corrected chi connectivity index (χ3v) is 3.64. The zero-order chi connectivity index (χ0) is 8.27. The van der Waals surface area contributed by atoms with Gasteiger partial charge >= 0.3 is 18.2 Å². The lowest BCUT2D eigenvalue weighted by Gasteiger charge is -2.01. The Hall–Kier alpha value is 0.686. The number of rotatable bonds is 2. The van der Waals surface area contributed by atoms with Gasteiger partial charge in [-0.25, -0.2) is 4.39 Å². The molecule has 56 valence electrons. The Kier molecular flexibility index (Phi) is 4.13. The summed E-state index contributed by atoms with van der Waals surface area (Å²) in [6.07, 6.45) is 0. The van der Waals surface area contributed by atoms with Crippen molar-refractivity contribution >= 4 is 42.7 Å². The van der Waals surface area contributed by atoms with Gasteiger partial charge in [0.2, 0.25) is 0 Å². The number of hydrogen-bond acceptors (Lipinski definition) is 0. The van der Waals surface area contributed by atoms with Gasteiger partial charge in [0.05, 0.1) is 0 Å². The second-order valence-electron chi connectivity index (χ2n) is 2.14. The van der Waals surface area contributed by atoms with Crippen LogP contribution < -0.4 is 0 Å². The van der Waals surface area contributed by atoms with Crippen LogP contribution in [0.1, 0.15) is 5.56 Å². The molecule has 0 amide bonds. The normalized spacial score (nSPS) is 9.36. The highest BCUT2D eigenvalue weighted by Gasteiger charge is 2.05. The van der Waals surface area contributed by atoms with Crippen molar-refractivity contribution in [3.63, 3.8) is 0 Å². The molecule has 0 bridgehead atoms. The molecule has 0 unspecified atom stereocenters. The lowest BCUT2D eigenvalue weighted by atomic mass is 10.2. The van der Waals surface area contributed by atoms with Gasteiger partial charge in [0.1, 0.15) is 5.82 Å². The fourth-order valence-electron chi connectivity index (χ4n) is 0.866. The summed E-state index contributed by atoms with van der Waals surface area (Å²) in [5.41, 5.74) is 0.651. The summed E-state index contributed by atoms with van der Waals surface area (Å²) >= 11 is 8.80. The topological polar surface area (TPSA) is 0 Å². The van der Waals surface area contributed by atoms with Gasteiger partial charge < -0.3 is 12.9 Å². The predicted octanol–water partition coefficient (Wildman–Crippen LogP) is 2.99. The van der Waals surface area contributed by atoms with E-state index in [2.05, 4.69) is 12.9 Å². The molecular weight excluding hydrogens is 243 g/mol. The molecule has 1 rings (SSSR count). The minimum absolute atomic E-state index is 0.190. The summed E-state index contributed by atoms with van der Waals surface area (Å²) in [6.45, 7) is 0. The first-order chi connectivity index (χ1) is 5.25. The number of hydrogen-bond donors (Lipinski definition) is 0. The number of halogens is 3. The van der Waals surface area contributed by atoms with Gasteiger partial charge in [-0.05, 0) is 17.7 Å². The lowest BCUT2D eigenvalue weighted by Crippen LogP contribution is -1.94. The zero-order valence-electron chi connectivity index (χ0n) is 5.78. The lowest BCUT2D eigenvalue weighted by molar-refractivity contribution is 0.617. The molecule has 11 heavy (non-hydrogen) atoms. The molecule has 0 N–H and O–H groups in total. The second kappa shape index (κ2) is 4.65. The maximum Gasteiger partial charge on any atom is 0.473 e. The molecule has 4 heteroatoms. The van der Waals surface area contributed by atoms with Crippen molar-refractivity contribution in [2.75, 3.05) is 0 Å². The van der Waals surface area contributed by atoms with Gasteiger partial charge in [-0.2, -0.15) is 0 Å². The maximum absolute atomic E-state index is 13.0. The molecule has 0 saturated heterocycles. The Balaban J connectivity index is 3.00. The van der Waals surface area contributed by atoms with Gasteiger partial charge in [0.15, 0.2) is 0 Å². The van der Waals surface area contributed by atoms with E-state index in [4.69, 9.17) is 11.6 Å². The Bertz CT molecular complexity index is 234. The van der Waals surface area contributed by atoms with Crippen molar-refractivity contribution in [3.05, 3.63) is 34.6 Å². The van der Waals surface area contributed by atoms with E-state index in [1.54, 1.807) is 12.1 Å². The van der Waals surface area contributed by atoms with Crippen molar-refractivity contribution in [1.29, 1.82) is 0 Å². The average molecular weight is 248 g/mol. The predicted molar refractivity (Wildman–Crippen MR) is 49.8 cm³/mol. The van der Waals surface area contributed by atoms with Crippen LogP contribution in [0, 0.1) is 5.82 Å². The van der Waals surface area contributed by atoms with E-state index in [9.17, 15) is 4.39 Å². The molecule has 0 radical (unpaired) electrons. The summed E-state index contributed by atoms with van der Waals surface area (Å²) in [4.78, 5) is 0. The van der Waals surface area contributed by atoms with E-state index in [1.165, 1.54) is 6.07 Å². The Morgan fingerprint density at radius 3 is 2.82 bits per heavy atom. The van der Waals surface area contributed by atoms with E-state index < -0.39 is 0 Å². The molecular formula is C7H5BrClFMg. The molecule has 0 heterocycles. The van der Waals surface area contributed by atoms with Gasteiger partial charge in [-0.3, -0.25) is 0 Å². The summed E-state index contributed by atoms with van der Waals surface area (Å²) in [5, 5.41) is 0.539. The first kappa shape index (κ1) is 9.77. The van der Waals surface area contributed by atoms with Crippen LogP contribution in [0.5, 0.6) is 0 Å². The molecule has 1 aromatic rings. The Morgan fingerprint density at radius 1 is 1.55 bits per heavy atom. The third-order valence-electron chi connectivity index (χ3n) is 1.41. The summed E-state index contributed by atoms with van der Waals surface area (Å²) in [7, 11) is 0. The average Bonchev–Trinajstić information content (AvgIpc) is 1.97. The van der Waals surface area contributed by atoms with Gasteiger partial charge in [-0.15, -0.1) is 0 Å². The highest BCUT2D eigenvalue weighted by Crippen LogP contribution is 2.19.